The van der Waals surface area contributed by atoms with Crippen LogP contribution in [0.25, 0.3) is 5.52 Å². The molecule has 0 unspecified atom stereocenters. The SMILES string of the molecule is CCN(C(=O)c1nc(C(=O)NCCCOC)n2ccccc12)c1cccc(C)c1. The van der Waals surface area contributed by atoms with Crippen molar-refractivity contribution >= 4 is 23.0 Å². The number of ether oxygens (including phenoxy) is 1. The average Bonchev–Trinajstić information content (AvgIpc) is 3.11. The van der Waals surface area contributed by atoms with Gasteiger partial charge in [-0.15, -0.1) is 0 Å². The van der Waals surface area contributed by atoms with Crippen LogP contribution in [-0.2, 0) is 4.74 Å². The molecule has 1 N–H and O–H groups in total. The molecule has 7 heteroatoms. The Kier molecular flexibility index (Phi) is 6.61. The minimum atomic E-state index is -0.319. The summed E-state index contributed by atoms with van der Waals surface area (Å²) in [5, 5.41) is 2.83. The van der Waals surface area contributed by atoms with Crippen LogP contribution in [0.3, 0.4) is 0 Å². The molecule has 152 valence electrons. The number of amides is 2. The van der Waals surface area contributed by atoms with Crippen molar-refractivity contribution in [2.45, 2.75) is 20.3 Å². The van der Waals surface area contributed by atoms with E-state index in [1.807, 2.05) is 50.2 Å². The highest BCUT2D eigenvalue weighted by molar-refractivity contribution is 6.10. The number of hydrogen-bond acceptors (Lipinski definition) is 4. The third-order valence-corrected chi connectivity index (χ3v) is 4.64. The van der Waals surface area contributed by atoms with Crippen LogP contribution in [0.15, 0.2) is 48.7 Å². The van der Waals surface area contributed by atoms with Crippen molar-refractivity contribution in [3.63, 3.8) is 0 Å². The number of carbonyl (C=O) groups is 2. The molecule has 29 heavy (non-hydrogen) atoms. The Labute approximate surface area is 170 Å². The van der Waals surface area contributed by atoms with E-state index in [1.165, 1.54) is 0 Å². The molecule has 0 spiro atoms. The summed E-state index contributed by atoms with van der Waals surface area (Å²) in [5.41, 5.74) is 2.74. The maximum atomic E-state index is 13.3. The minimum Gasteiger partial charge on any atom is -0.385 e. The van der Waals surface area contributed by atoms with Crippen LogP contribution >= 0.6 is 0 Å². The van der Waals surface area contributed by atoms with E-state index < -0.39 is 0 Å². The molecule has 0 fully saturated rings. The van der Waals surface area contributed by atoms with E-state index >= 15 is 0 Å². The quantitative estimate of drug-likeness (QED) is 0.596. The van der Waals surface area contributed by atoms with E-state index in [4.69, 9.17) is 4.74 Å². The first-order chi connectivity index (χ1) is 14.1. The highest BCUT2D eigenvalue weighted by Crippen LogP contribution is 2.21. The summed E-state index contributed by atoms with van der Waals surface area (Å²) in [6, 6.07) is 13.2. The Bertz CT molecular complexity index is 1010. The fourth-order valence-electron chi connectivity index (χ4n) is 3.22. The Morgan fingerprint density at radius 2 is 2.03 bits per heavy atom. The number of aryl methyl sites for hydroxylation is 1. The molecule has 0 saturated carbocycles. The van der Waals surface area contributed by atoms with Crippen molar-refractivity contribution in [2.24, 2.45) is 0 Å². The minimum absolute atomic E-state index is 0.196. The molecule has 7 nitrogen and oxygen atoms in total. The van der Waals surface area contributed by atoms with Crippen molar-refractivity contribution in [1.82, 2.24) is 14.7 Å². The Hall–Kier alpha value is -3.19. The number of nitrogens with zero attached hydrogens (tertiary/aromatic N) is 3. The van der Waals surface area contributed by atoms with Gasteiger partial charge in [0.05, 0.1) is 5.52 Å². The number of anilines is 1. The zero-order chi connectivity index (χ0) is 20.8. The van der Waals surface area contributed by atoms with Gasteiger partial charge in [0.25, 0.3) is 11.8 Å². The summed E-state index contributed by atoms with van der Waals surface area (Å²) >= 11 is 0. The normalized spacial score (nSPS) is 10.9. The molecule has 3 aromatic rings. The van der Waals surface area contributed by atoms with Gasteiger partial charge in [-0.3, -0.25) is 14.0 Å². The molecule has 0 saturated heterocycles. The summed E-state index contributed by atoms with van der Waals surface area (Å²) in [4.78, 5) is 32.1. The van der Waals surface area contributed by atoms with Crippen LogP contribution < -0.4 is 10.2 Å². The number of rotatable bonds is 8. The predicted molar refractivity (Wildman–Crippen MR) is 113 cm³/mol. The summed E-state index contributed by atoms with van der Waals surface area (Å²) in [6.07, 6.45) is 2.44. The highest BCUT2D eigenvalue weighted by atomic mass is 16.5. The third-order valence-electron chi connectivity index (χ3n) is 4.64. The fraction of sp³-hybridized carbons (Fsp3) is 0.318. The van der Waals surface area contributed by atoms with Crippen molar-refractivity contribution in [3.8, 4) is 0 Å². The van der Waals surface area contributed by atoms with Crippen molar-refractivity contribution < 1.29 is 14.3 Å². The van der Waals surface area contributed by atoms with E-state index in [-0.39, 0.29) is 23.3 Å². The van der Waals surface area contributed by atoms with Crippen LogP contribution in [0, 0.1) is 6.92 Å². The number of aromatic nitrogens is 2. The van der Waals surface area contributed by atoms with Crippen LogP contribution in [-0.4, -0.2) is 48.0 Å². The number of pyridine rings is 1. The predicted octanol–water partition coefficient (Wildman–Crippen LogP) is 3.08. The van der Waals surface area contributed by atoms with E-state index in [9.17, 15) is 9.59 Å². The summed E-state index contributed by atoms with van der Waals surface area (Å²) < 4.78 is 6.66. The molecule has 1 aromatic carbocycles. The lowest BCUT2D eigenvalue weighted by molar-refractivity contribution is 0.0937. The number of nitrogens with one attached hydrogen (secondary N) is 1. The number of carbonyl (C=O) groups excluding carboxylic acids is 2. The molecule has 2 heterocycles. The molecular weight excluding hydrogens is 368 g/mol. The lowest BCUT2D eigenvalue weighted by atomic mass is 10.2. The topological polar surface area (TPSA) is 75.9 Å². The molecule has 0 bridgehead atoms. The van der Waals surface area contributed by atoms with Crippen LogP contribution in [0.2, 0.25) is 0 Å². The van der Waals surface area contributed by atoms with E-state index in [0.717, 1.165) is 11.3 Å². The second kappa shape index (κ2) is 9.34. The maximum Gasteiger partial charge on any atom is 0.287 e. The second-order valence-corrected chi connectivity index (χ2v) is 6.73. The van der Waals surface area contributed by atoms with E-state index in [1.54, 1.807) is 28.7 Å². The zero-order valence-electron chi connectivity index (χ0n) is 17.0. The average molecular weight is 394 g/mol. The van der Waals surface area contributed by atoms with Gasteiger partial charge in [0, 0.05) is 38.7 Å². The smallest absolute Gasteiger partial charge is 0.287 e. The van der Waals surface area contributed by atoms with Crippen molar-refractivity contribution in [3.05, 3.63) is 65.7 Å². The summed E-state index contributed by atoms with van der Waals surface area (Å²) in [6.45, 7) is 5.44. The van der Waals surface area contributed by atoms with Gasteiger partial charge in [-0.25, -0.2) is 4.98 Å². The van der Waals surface area contributed by atoms with Gasteiger partial charge < -0.3 is 15.0 Å². The van der Waals surface area contributed by atoms with Crippen LogP contribution in [0.4, 0.5) is 5.69 Å². The third kappa shape index (κ3) is 4.46. The molecule has 0 aliphatic heterocycles. The number of imidazole rings is 1. The second-order valence-electron chi connectivity index (χ2n) is 6.73. The first kappa shape index (κ1) is 20.5. The first-order valence-corrected chi connectivity index (χ1v) is 9.69. The number of benzene rings is 1. The Balaban J connectivity index is 1.95. The summed E-state index contributed by atoms with van der Waals surface area (Å²) in [5.74, 6) is -0.359. The molecule has 2 aromatic heterocycles. The lowest BCUT2D eigenvalue weighted by Crippen LogP contribution is -2.31. The lowest BCUT2D eigenvalue weighted by Gasteiger charge is -2.20. The van der Waals surface area contributed by atoms with Crippen LogP contribution in [0.1, 0.15) is 40.0 Å². The van der Waals surface area contributed by atoms with Crippen molar-refractivity contribution in [2.75, 3.05) is 31.7 Å². The standard InChI is InChI=1S/C22H26N4O3/c1-4-25(17-10-7-9-16(2)15-17)22(28)19-18-11-5-6-13-26(18)20(24-19)21(27)23-12-8-14-29-3/h5-7,9-11,13,15H,4,8,12,14H2,1-3H3,(H,23,27). The monoisotopic (exact) mass is 394 g/mol. The Morgan fingerprint density at radius 3 is 2.76 bits per heavy atom. The zero-order valence-corrected chi connectivity index (χ0v) is 17.0. The maximum absolute atomic E-state index is 13.3. The molecular formula is C22H26N4O3. The van der Waals surface area contributed by atoms with Gasteiger partial charge >= 0.3 is 0 Å². The molecule has 3 rings (SSSR count). The number of methoxy groups -OCH3 is 1. The highest BCUT2D eigenvalue weighted by Gasteiger charge is 2.25. The molecule has 2 amide bonds. The van der Waals surface area contributed by atoms with E-state index in [0.29, 0.717) is 31.6 Å². The Morgan fingerprint density at radius 1 is 1.21 bits per heavy atom. The fourth-order valence-corrected chi connectivity index (χ4v) is 3.22. The van der Waals surface area contributed by atoms with Crippen molar-refractivity contribution in [1.29, 1.82) is 0 Å². The largest absolute Gasteiger partial charge is 0.385 e. The van der Waals surface area contributed by atoms with E-state index in [2.05, 4.69) is 10.3 Å². The van der Waals surface area contributed by atoms with Gasteiger partial charge in [0.1, 0.15) is 0 Å². The van der Waals surface area contributed by atoms with Gasteiger partial charge in [0.2, 0.25) is 5.82 Å². The molecule has 0 radical (unpaired) electrons. The number of fused-ring (bicyclic) bond motifs is 1. The molecule has 0 aliphatic carbocycles. The van der Waals surface area contributed by atoms with Gasteiger partial charge in [-0.1, -0.05) is 18.2 Å². The van der Waals surface area contributed by atoms with Gasteiger partial charge in [-0.05, 0) is 50.1 Å². The van der Waals surface area contributed by atoms with Crippen LogP contribution in [0.5, 0.6) is 0 Å². The summed E-state index contributed by atoms with van der Waals surface area (Å²) in [7, 11) is 1.62. The van der Waals surface area contributed by atoms with Gasteiger partial charge in [-0.2, -0.15) is 0 Å². The van der Waals surface area contributed by atoms with Gasteiger partial charge in [0.15, 0.2) is 5.69 Å². The number of hydrogen-bond donors (Lipinski definition) is 1. The molecule has 0 atom stereocenters. The first-order valence-electron chi connectivity index (χ1n) is 9.69. The molecule has 0 aliphatic rings.